The molecule has 2 aromatic heterocycles. The number of fused-ring (bicyclic) bond motifs is 1. The molecule has 2 heterocycles. The molecule has 1 atom stereocenters. The molecule has 9 nitrogen and oxygen atoms in total. The summed E-state index contributed by atoms with van der Waals surface area (Å²) in [6, 6.07) is 6.79. The molecule has 0 amide bonds. The number of anilines is 1. The Bertz CT molecular complexity index is 1070. The first kappa shape index (κ1) is 19.0. The van der Waals surface area contributed by atoms with Crippen LogP contribution in [0.1, 0.15) is 0 Å². The molecule has 2 N–H and O–H groups in total. The molecule has 0 bridgehead atoms. The Morgan fingerprint density at radius 3 is 2.59 bits per heavy atom. The summed E-state index contributed by atoms with van der Waals surface area (Å²) in [5.41, 5.74) is -0.641. The van der Waals surface area contributed by atoms with Crippen molar-refractivity contribution >= 4 is 28.7 Å². The zero-order chi connectivity index (χ0) is 19.7. The maximum absolute atomic E-state index is 12.3. The van der Waals surface area contributed by atoms with Gasteiger partial charge in [0.15, 0.2) is 11.2 Å². The van der Waals surface area contributed by atoms with Crippen LogP contribution in [0.25, 0.3) is 11.2 Å². The maximum Gasteiger partial charge on any atom is 0.329 e. The molecule has 0 spiro atoms. The van der Waals surface area contributed by atoms with Crippen LogP contribution in [0.15, 0.2) is 33.9 Å². The molecule has 3 aromatic rings. The van der Waals surface area contributed by atoms with E-state index in [-0.39, 0.29) is 24.3 Å². The van der Waals surface area contributed by atoms with Crippen molar-refractivity contribution in [1.82, 2.24) is 19.1 Å². The van der Waals surface area contributed by atoms with Gasteiger partial charge in [-0.15, -0.1) is 0 Å². The molecule has 0 unspecified atom stereocenters. The minimum atomic E-state index is -0.909. The van der Waals surface area contributed by atoms with E-state index in [9.17, 15) is 14.7 Å². The van der Waals surface area contributed by atoms with Crippen LogP contribution < -0.4 is 20.9 Å². The Kier molecular flexibility index (Phi) is 5.24. The Morgan fingerprint density at radius 2 is 1.96 bits per heavy atom. The number of H-pyrrole nitrogens is 1. The third kappa shape index (κ3) is 3.83. The second kappa shape index (κ2) is 7.45. The molecule has 0 radical (unpaired) electrons. The van der Waals surface area contributed by atoms with E-state index < -0.39 is 17.4 Å². The first-order valence-corrected chi connectivity index (χ1v) is 8.59. The molecule has 27 heavy (non-hydrogen) atoms. The molecule has 144 valence electrons. The van der Waals surface area contributed by atoms with Crippen molar-refractivity contribution < 1.29 is 9.84 Å². The average molecular weight is 394 g/mol. The number of aromatic nitrogens is 4. The quantitative estimate of drug-likeness (QED) is 0.634. The van der Waals surface area contributed by atoms with E-state index in [1.165, 1.54) is 11.6 Å². The van der Waals surface area contributed by atoms with Gasteiger partial charge in [0.25, 0.3) is 5.56 Å². The lowest BCUT2D eigenvalue weighted by Gasteiger charge is -2.18. The third-order valence-electron chi connectivity index (χ3n) is 4.04. The van der Waals surface area contributed by atoms with E-state index in [2.05, 4.69) is 9.97 Å². The van der Waals surface area contributed by atoms with Crippen LogP contribution in [-0.4, -0.2) is 51.0 Å². The Balaban J connectivity index is 1.90. The number of hydrogen-bond donors (Lipinski definition) is 2. The highest BCUT2D eigenvalue weighted by atomic mass is 35.5. The molecule has 0 aliphatic rings. The van der Waals surface area contributed by atoms with Crippen LogP contribution in [0.5, 0.6) is 5.75 Å². The van der Waals surface area contributed by atoms with Gasteiger partial charge in [0, 0.05) is 26.2 Å². The first-order chi connectivity index (χ1) is 12.8. The van der Waals surface area contributed by atoms with Gasteiger partial charge in [-0.2, -0.15) is 4.98 Å². The highest BCUT2D eigenvalue weighted by molar-refractivity contribution is 6.30. The summed E-state index contributed by atoms with van der Waals surface area (Å²) in [7, 11) is 5.05. The lowest BCUT2D eigenvalue weighted by molar-refractivity contribution is 0.0937. The molecule has 1 aromatic carbocycles. The predicted molar refractivity (Wildman–Crippen MR) is 103 cm³/mol. The van der Waals surface area contributed by atoms with Crippen molar-refractivity contribution in [2.75, 3.05) is 25.6 Å². The summed E-state index contributed by atoms with van der Waals surface area (Å²) in [5, 5.41) is 11.0. The second-order valence-corrected chi connectivity index (χ2v) is 6.76. The molecule has 0 fully saturated rings. The fraction of sp³-hybridized carbons (Fsp3) is 0.353. The van der Waals surface area contributed by atoms with Crippen LogP contribution in [-0.2, 0) is 13.6 Å². The molecule has 0 saturated heterocycles. The lowest BCUT2D eigenvalue weighted by atomic mass is 10.3. The van der Waals surface area contributed by atoms with E-state index in [1.54, 1.807) is 47.8 Å². The smallest absolute Gasteiger partial charge is 0.329 e. The number of halogens is 1. The minimum Gasteiger partial charge on any atom is -0.491 e. The summed E-state index contributed by atoms with van der Waals surface area (Å²) in [6.07, 6.45) is -0.909. The zero-order valence-electron chi connectivity index (χ0n) is 15.1. The van der Waals surface area contributed by atoms with Gasteiger partial charge in [-0.3, -0.25) is 14.3 Å². The van der Waals surface area contributed by atoms with E-state index in [0.29, 0.717) is 16.7 Å². The number of aliphatic hydroxyl groups is 1. The summed E-state index contributed by atoms with van der Waals surface area (Å²) in [6.45, 7) is 0.0801. The van der Waals surface area contributed by atoms with Gasteiger partial charge in [0.1, 0.15) is 18.5 Å². The molecule has 0 saturated carbocycles. The van der Waals surface area contributed by atoms with Crippen molar-refractivity contribution in [1.29, 1.82) is 0 Å². The van der Waals surface area contributed by atoms with E-state index in [4.69, 9.17) is 16.3 Å². The number of hydrogen-bond acceptors (Lipinski definition) is 6. The van der Waals surface area contributed by atoms with Crippen LogP contribution in [0, 0.1) is 0 Å². The van der Waals surface area contributed by atoms with Crippen LogP contribution in [0.4, 0.5) is 5.95 Å². The van der Waals surface area contributed by atoms with Crippen molar-refractivity contribution in [3.8, 4) is 5.75 Å². The maximum atomic E-state index is 12.3. The molecule has 0 aliphatic heterocycles. The van der Waals surface area contributed by atoms with Gasteiger partial charge < -0.3 is 19.3 Å². The van der Waals surface area contributed by atoms with Gasteiger partial charge in [0.2, 0.25) is 5.95 Å². The summed E-state index contributed by atoms with van der Waals surface area (Å²) in [4.78, 5) is 32.5. The first-order valence-electron chi connectivity index (χ1n) is 8.21. The Labute approximate surface area is 159 Å². The summed E-state index contributed by atoms with van der Waals surface area (Å²) in [5.74, 6) is 1.02. The SMILES string of the molecule is CN(C)c1nc2c(c(=O)[nH]c(=O)n2C)n1C[C@H](O)COc1ccc(Cl)cc1. The van der Waals surface area contributed by atoms with E-state index in [1.807, 2.05) is 0 Å². The topological polar surface area (TPSA) is 105 Å². The standard InChI is InChI=1S/C17H20ClN5O4/c1-21(2)16-19-14-13(15(25)20-17(26)22(14)3)23(16)8-11(24)9-27-12-6-4-10(18)5-7-12/h4-7,11,24H,8-9H2,1-3H3,(H,20,25,26)/t11-/m0/s1. The lowest BCUT2D eigenvalue weighted by Crippen LogP contribution is -2.31. The van der Waals surface area contributed by atoms with E-state index in [0.717, 1.165) is 0 Å². The molecule has 0 aliphatic carbocycles. The number of nitrogens with zero attached hydrogens (tertiary/aromatic N) is 4. The van der Waals surface area contributed by atoms with Crippen molar-refractivity contribution in [3.05, 3.63) is 50.1 Å². The monoisotopic (exact) mass is 393 g/mol. The number of nitrogens with one attached hydrogen (secondary N) is 1. The van der Waals surface area contributed by atoms with E-state index >= 15 is 0 Å². The van der Waals surface area contributed by atoms with Crippen molar-refractivity contribution in [2.45, 2.75) is 12.6 Å². The highest BCUT2D eigenvalue weighted by Gasteiger charge is 2.20. The van der Waals surface area contributed by atoms with Crippen molar-refractivity contribution in [2.24, 2.45) is 7.05 Å². The summed E-state index contributed by atoms with van der Waals surface area (Å²) < 4.78 is 8.39. The molecule has 3 rings (SSSR count). The van der Waals surface area contributed by atoms with Gasteiger partial charge in [-0.05, 0) is 24.3 Å². The van der Waals surface area contributed by atoms with Gasteiger partial charge in [0.05, 0.1) is 6.54 Å². The highest BCUT2D eigenvalue weighted by Crippen LogP contribution is 2.19. The number of aliphatic hydroxyl groups excluding tert-OH is 1. The van der Waals surface area contributed by atoms with Gasteiger partial charge >= 0.3 is 5.69 Å². The molecular weight excluding hydrogens is 374 g/mol. The zero-order valence-corrected chi connectivity index (χ0v) is 15.9. The number of aryl methyl sites for hydroxylation is 1. The fourth-order valence-corrected chi connectivity index (χ4v) is 2.85. The van der Waals surface area contributed by atoms with Crippen LogP contribution >= 0.6 is 11.6 Å². The largest absolute Gasteiger partial charge is 0.491 e. The third-order valence-corrected chi connectivity index (χ3v) is 4.29. The fourth-order valence-electron chi connectivity index (χ4n) is 2.72. The number of benzene rings is 1. The Hall–Kier alpha value is -2.78. The number of ether oxygens (including phenoxy) is 1. The second-order valence-electron chi connectivity index (χ2n) is 6.33. The normalized spacial score (nSPS) is 12.3. The Morgan fingerprint density at radius 1 is 1.30 bits per heavy atom. The van der Waals surface area contributed by atoms with Crippen LogP contribution in [0.3, 0.4) is 0 Å². The summed E-state index contributed by atoms with van der Waals surface area (Å²) >= 11 is 5.83. The van der Waals surface area contributed by atoms with Gasteiger partial charge in [-0.25, -0.2) is 4.79 Å². The number of imidazole rings is 1. The van der Waals surface area contributed by atoms with Gasteiger partial charge in [-0.1, -0.05) is 11.6 Å². The molecular formula is C17H20ClN5O4. The molecule has 10 heteroatoms. The number of aromatic amines is 1. The predicted octanol–water partition coefficient (Wildman–Crippen LogP) is 0.583. The minimum absolute atomic E-state index is 0.0117. The van der Waals surface area contributed by atoms with Crippen LogP contribution in [0.2, 0.25) is 5.02 Å². The number of rotatable bonds is 6. The average Bonchev–Trinajstić information content (AvgIpc) is 2.99. The van der Waals surface area contributed by atoms with Crippen molar-refractivity contribution in [3.63, 3.8) is 0 Å².